The number of benzene rings is 1. The molecule has 0 saturated carbocycles. The van der Waals surface area contributed by atoms with Gasteiger partial charge in [0.1, 0.15) is 17.3 Å². The van der Waals surface area contributed by atoms with E-state index in [1.807, 2.05) is 32.2 Å². The first-order chi connectivity index (χ1) is 8.99. The van der Waals surface area contributed by atoms with E-state index in [1.165, 1.54) is 0 Å². The number of thiocarbonyl (C=S) groups is 1. The van der Waals surface area contributed by atoms with E-state index in [0.717, 1.165) is 17.0 Å². The summed E-state index contributed by atoms with van der Waals surface area (Å²) in [6, 6.07) is 7.34. The fourth-order valence-corrected chi connectivity index (χ4v) is 2.07. The Bertz CT molecular complexity index is 624. The predicted molar refractivity (Wildman–Crippen MR) is 79.6 cm³/mol. The van der Waals surface area contributed by atoms with Crippen molar-refractivity contribution in [2.45, 2.75) is 13.5 Å². The van der Waals surface area contributed by atoms with Gasteiger partial charge in [0.05, 0.1) is 16.4 Å². The maximum Gasteiger partial charge on any atom is 0.131 e. The van der Waals surface area contributed by atoms with Crippen LogP contribution in [0.5, 0.6) is 5.75 Å². The second-order valence-electron chi connectivity index (χ2n) is 4.15. The number of hydrogen-bond donors (Lipinski definition) is 1. The Morgan fingerprint density at radius 3 is 2.84 bits per heavy atom. The first-order valence-electron chi connectivity index (χ1n) is 5.69. The maximum absolute atomic E-state index is 6.16. The van der Waals surface area contributed by atoms with Crippen LogP contribution in [0.2, 0.25) is 5.02 Å². The second-order valence-corrected chi connectivity index (χ2v) is 4.97. The minimum absolute atomic E-state index is 0.344. The van der Waals surface area contributed by atoms with Crippen molar-refractivity contribution in [3.05, 3.63) is 46.2 Å². The van der Waals surface area contributed by atoms with Crippen LogP contribution in [0.15, 0.2) is 24.3 Å². The van der Waals surface area contributed by atoms with Gasteiger partial charge in [0.15, 0.2) is 0 Å². The molecule has 0 aliphatic carbocycles. The molecule has 2 aromatic rings. The molecule has 1 aromatic heterocycles. The first-order valence-corrected chi connectivity index (χ1v) is 6.48. The number of ether oxygens (including phenoxy) is 1. The topological polar surface area (TPSA) is 53.1 Å². The zero-order valence-corrected chi connectivity index (χ0v) is 12.3. The molecule has 0 bridgehead atoms. The van der Waals surface area contributed by atoms with E-state index in [1.54, 1.807) is 10.7 Å². The molecule has 0 aliphatic rings. The molecule has 2 rings (SSSR count). The van der Waals surface area contributed by atoms with Crippen molar-refractivity contribution in [3.8, 4) is 5.75 Å². The molecule has 1 heterocycles. The van der Waals surface area contributed by atoms with Crippen LogP contribution >= 0.6 is 23.8 Å². The Labute approximate surface area is 122 Å². The largest absolute Gasteiger partial charge is 0.487 e. The van der Waals surface area contributed by atoms with Crippen molar-refractivity contribution >= 4 is 28.8 Å². The lowest BCUT2D eigenvalue weighted by Gasteiger charge is -2.08. The van der Waals surface area contributed by atoms with Crippen LogP contribution in [0.3, 0.4) is 0 Å². The van der Waals surface area contributed by atoms with Gasteiger partial charge in [-0.1, -0.05) is 36.0 Å². The molecule has 0 saturated heterocycles. The summed E-state index contributed by atoms with van der Waals surface area (Å²) in [4.78, 5) is 0.347. The van der Waals surface area contributed by atoms with Gasteiger partial charge in [-0.25, -0.2) is 0 Å². The van der Waals surface area contributed by atoms with Gasteiger partial charge in [-0.2, -0.15) is 5.10 Å². The average Bonchev–Trinajstić information content (AvgIpc) is 2.61. The van der Waals surface area contributed by atoms with Gasteiger partial charge >= 0.3 is 0 Å². The molecule has 1 aromatic carbocycles. The molecule has 19 heavy (non-hydrogen) atoms. The molecule has 100 valence electrons. The summed E-state index contributed by atoms with van der Waals surface area (Å²) in [5.41, 5.74) is 7.98. The van der Waals surface area contributed by atoms with Crippen molar-refractivity contribution in [1.29, 1.82) is 0 Å². The molecule has 0 amide bonds. The van der Waals surface area contributed by atoms with E-state index in [4.69, 9.17) is 34.3 Å². The lowest BCUT2D eigenvalue weighted by Crippen LogP contribution is -2.09. The summed E-state index contributed by atoms with van der Waals surface area (Å²) >= 11 is 11.1. The number of nitrogens with two attached hydrogens (primary N) is 1. The van der Waals surface area contributed by atoms with E-state index >= 15 is 0 Å². The van der Waals surface area contributed by atoms with E-state index < -0.39 is 0 Å². The number of aromatic nitrogens is 2. The SMILES string of the molecule is Cc1nn(C)c(COc2cccc(C(N)=S)c2)c1Cl. The number of nitrogens with zero attached hydrogens (tertiary/aromatic N) is 2. The number of aryl methyl sites for hydroxylation is 2. The molecule has 0 aliphatic heterocycles. The Morgan fingerprint density at radius 2 is 2.26 bits per heavy atom. The summed E-state index contributed by atoms with van der Waals surface area (Å²) < 4.78 is 7.41. The summed E-state index contributed by atoms with van der Waals surface area (Å²) in [7, 11) is 1.84. The Kier molecular flexibility index (Phi) is 4.07. The first kappa shape index (κ1) is 13.8. The lowest BCUT2D eigenvalue weighted by atomic mass is 10.2. The quantitative estimate of drug-likeness (QED) is 0.881. The average molecular weight is 296 g/mol. The van der Waals surface area contributed by atoms with Gasteiger partial charge in [0.25, 0.3) is 0 Å². The molecular weight excluding hydrogens is 282 g/mol. The monoisotopic (exact) mass is 295 g/mol. The molecule has 6 heteroatoms. The third-order valence-corrected chi connectivity index (χ3v) is 3.48. The molecule has 0 unspecified atom stereocenters. The van der Waals surface area contributed by atoms with Gasteiger partial charge in [-0.15, -0.1) is 0 Å². The van der Waals surface area contributed by atoms with Crippen LogP contribution in [0.25, 0.3) is 0 Å². The fraction of sp³-hybridized carbons (Fsp3) is 0.231. The predicted octanol–water partition coefficient (Wildman–Crippen LogP) is 2.60. The zero-order chi connectivity index (χ0) is 14.0. The van der Waals surface area contributed by atoms with E-state index in [-0.39, 0.29) is 0 Å². The van der Waals surface area contributed by atoms with Crippen molar-refractivity contribution in [2.75, 3.05) is 0 Å². The summed E-state index contributed by atoms with van der Waals surface area (Å²) in [6.45, 7) is 2.20. The Morgan fingerprint density at radius 1 is 1.53 bits per heavy atom. The van der Waals surface area contributed by atoms with Gasteiger partial charge in [-0.05, 0) is 19.1 Å². The zero-order valence-electron chi connectivity index (χ0n) is 10.7. The van der Waals surface area contributed by atoms with Gasteiger partial charge in [0, 0.05) is 12.6 Å². The Balaban J connectivity index is 2.14. The van der Waals surface area contributed by atoms with E-state index in [2.05, 4.69) is 5.10 Å². The molecule has 0 spiro atoms. The van der Waals surface area contributed by atoms with Crippen molar-refractivity contribution in [2.24, 2.45) is 12.8 Å². The van der Waals surface area contributed by atoms with Crippen LogP contribution in [-0.2, 0) is 13.7 Å². The molecule has 2 N–H and O–H groups in total. The highest BCUT2D eigenvalue weighted by Crippen LogP contribution is 2.22. The van der Waals surface area contributed by atoms with Gasteiger partial charge in [-0.3, -0.25) is 4.68 Å². The molecule has 0 fully saturated rings. The van der Waals surface area contributed by atoms with Gasteiger partial charge in [0.2, 0.25) is 0 Å². The fourth-order valence-electron chi connectivity index (χ4n) is 1.73. The van der Waals surface area contributed by atoms with Crippen molar-refractivity contribution < 1.29 is 4.74 Å². The highest BCUT2D eigenvalue weighted by atomic mass is 35.5. The summed E-state index contributed by atoms with van der Waals surface area (Å²) in [6.07, 6.45) is 0. The number of rotatable bonds is 4. The molecule has 0 radical (unpaired) electrons. The third kappa shape index (κ3) is 3.05. The minimum atomic E-state index is 0.344. The lowest BCUT2D eigenvalue weighted by molar-refractivity contribution is 0.295. The number of hydrogen-bond acceptors (Lipinski definition) is 3. The van der Waals surface area contributed by atoms with Crippen molar-refractivity contribution in [1.82, 2.24) is 9.78 Å². The smallest absolute Gasteiger partial charge is 0.131 e. The highest BCUT2D eigenvalue weighted by molar-refractivity contribution is 7.80. The van der Waals surface area contributed by atoms with Crippen LogP contribution in [0.1, 0.15) is 17.0 Å². The summed E-state index contributed by atoms with van der Waals surface area (Å²) in [5, 5.41) is 4.87. The Hall–Kier alpha value is -1.59. The van der Waals surface area contributed by atoms with Crippen LogP contribution in [0, 0.1) is 6.92 Å². The van der Waals surface area contributed by atoms with Crippen LogP contribution < -0.4 is 10.5 Å². The van der Waals surface area contributed by atoms with E-state index in [0.29, 0.717) is 22.4 Å². The molecular formula is C13H14ClN3OS. The third-order valence-electron chi connectivity index (χ3n) is 2.76. The standard InChI is InChI=1S/C13H14ClN3OS/c1-8-12(14)11(17(2)16-8)7-18-10-5-3-4-9(6-10)13(15)19/h3-6H,7H2,1-2H3,(H2,15,19). The molecule has 0 atom stereocenters. The highest BCUT2D eigenvalue weighted by Gasteiger charge is 2.11. The van der Waals surface area contributed by atoms with Gasteiger partial charge < -0.3 is 10.5 Å². The molecule has 4 nitrogen and oxygen atoms in total. The van der Waals surface area contributed by atoms with Crippen molar-refractivity contribution in [3.63, 3.8) is 0 Å². The number of halogens is 1. The maximum atomic E-state index is 6.16. The summed E-state index contributed by atoms with van der Waals surface area (Å²) in [5.74, 6) is 0.695. The second kappa shape index (κ2) is 5.59. The normalized spacial score (nSPS) is 10.5. The van der Waals surface area contributed by atoms with Crippen LogP contribution in [0.4, 0.5) is 0 Å². The van der Waals surface area contributed by atoms with E-state index in [9.17, 15) is 0 Å². The van der Waals surface area contributed by atoms with Crippen LogP contribution in [-0.4, -0.2) is 14.8 Å². The minimum Gasteiger partial charge on any atom is -0.487 e.